The molecule has 8 heavy (non-hydrogen) atoms. The van der Waals surface area contributed by atoms with Gasteiger partial charge in [0, 0.05) is 0 Å². The molecular weight excluding hydrogens is 100 g/mol. The molecule has 0 atom stereocenters. The molecule has 1 nitrogen and oxygen atoms in total. The molecule has 0 aromatic rings. The fourth-order valence-corrected chi connectivity index (χ4v) is 1.33. The minimum Gasteiger partial charge on any atom is -0.542 e. The van der Waals surface area contributed by atoms with E-state index in [2.05, 4.69) is 0 Å². The standard InChI is InChI=1S/C7H11O/c8-6-5-7-3-1-2-4-7/h7H,1-5H2/q-1. The van der Waals surface area contributed by atoms with Crippen LogP contribution in [0.4, 0.5) is 0 Å². The smallest absolute Gasteiger partial charge is 0.0527 e. The molecule has 1 saturated carbocycles. The van der Waals surface area contributed by atoms with Crippen molar-refractivity contribution in [1.29, 1.82) is 0 Å². The summed E-state index contributed by atoms with van der Waals surface area (Å²) in [4.78, 5) is 9.84. The van der Waals surface area contributed by atoms with Gasteiger partial charge in [-0.2, -0.15) is 0 Å². The quantitative estimate of drug-likeness (QED) is 0.495. The van der Waals surface area contributed by atoms with E-state index in [-0.39, 0.29) is 0 Å². The van der Waals surface area contributed by atoms with Crippen molar-refractivity contribution in [3.05, 3.63) is 0 Å². The van der Waals surface area contributed by atoms with E-state index in [4.69, 9.17) is 0 Å². The minimum atomic E-state index is 0.681. The van der Waals surface area contributed by atoms with Crippen LogP contribution < -0.4 is 0 Å². The molecule has 0 bridgehead atoms. The molecule has 0 amide bonds. The maximum atomic E-state index is 9.84. The Bertz CT molecular complexity index is 72.5. The Morgan fingerprint density at radius 1 is 1.38 bits per heavy atom. The number of rotatable bonds is 2. The highest BCUT2D eigenvalue weighted by Crippen LogP contribution is 2.26. The first kappa shape index (κ1) is 5.80. The van der Waals surface area contributed by atoms with Crippen molar-refractivity contribution in [2.75, 3.05) is 0 Å². The van der Waals surface area contributed by atoms with E-state index < -0.39 is 0 Å². The summed E-state index contributed by atoms with van der Waals surface area (Å²) in [6, 6.07) is 0. The Balaban J connectivity index is 2.14. The average Bonchev–Trinajstić information content (AvgIpc) is 2.19. The molecule has 0 spiro atoms. The van der Waals surface area contributed by atoms with Crippen LogP contribution in [0.5, 0.6) is 0 Å². The lowest BCUT2D eigenvalue weighted by atomic mass is 10.1. The van der Waals surface area contributed by atoms with Crippen molar-refractivity contribution in [2.45, 2.75) is 32.1 Å². The van der Waals surface area contributed by atoms with Crippen LogP contribution >= 0.6 is 0 Å². The molecule has 0 radical (unpaired) electrons. The summed E-state index contributed by atoms with van der Waals surface area (Å²) in [6.07, 6.45) is 7.81. The first-order chi connectivity index (χ1) is 3.93. The van der Waals surface area contributed by atoms with Crippen LogP contribution in [-0.2, 0) is 4.79 Å². The summed E-state index contributed by atoms with van der Waals surface area (Å²) in [5.41, 5.74) is 0. The van der Waals surface area contributed by atoms with Crippen molar-refractivity contribution >= 4 is 6.29 Å². The van der Waals surface area contributed by atoms with E-state index in [1.54, 1.807) is 0 Å². The van der Waals surface area contributed by atoms with E-state index in [0.717, 1.165) is 0 Å². The SMILES string of the molecule is O=[C-]CC1CCCC1. The topological polar surface area (TPSA) is 17.1 Å². The van der Waals surface area contributed by atoms with E-state index in [9.17, 15) is 4.79 Å². The monoisotopic (exact) mass is 111 g/mol. The van der Waals surface area contributed by atoms with Gasteiger partial charge in [-0.1, -0.05) is 31.6 Å². The van der Waals surface area contributed by atoms with Gasteiger partial charge in [-0.3, -0.25) is 6.29 Å². The van der Waals surface area contributed by atoms with Gasteiger partial charge in [0.1, 0.15) is 0 Å². The van der Waals surface area contributed by atoms with Gasteiger partial charge < -0.3 is 4.79 Å². The van der Waals surface area contributed by atoms with Crippen LogP contribution in [0.15, 0.2) is 0 Å². The molecule has 1 aliphatic carbocycles. The molecule has 0 N–H and O–H groups in total. The summed E-state index contributed by atoms with van der Waals surface area (Å²) < 4.78 is 0. The van der Waals surface area contributed by atoms with Crippen LogP contribution in [0.3, 0.4) is 0 Å². The third-order valence-electron chi connectivity index (χ3n) is 1.85. The molecule has 0 aromatic carbocycles. The predicted molar refractivity (Wildman–Crippen MR) is 32.3 cm³/mol. The maximum absolute atomic E-state index is 9.84. The zero-order chi connectivity index (χ0) is 5.82. The Labute approximate surface area is 50.1 Å². The molecule has 0 heterocycles. The molecule has 1 aliphatic rings. The van der Waals surface area contributed by atoms with E-state index in [0.29, 0.717) is 12.3 Å². The highest BCUT2D eigenvalue weighted by atomic mass is 16.1. The molecular formula is C7H11O-. The number of hydrogen-bond donors (Lipinski definition) is 0. The van der Waals surface area contributed by atoms with E-state index >= 15 is 0 Å². The van der Waals surface area contributed by atoms with Crippen molar-refractivity contribution in [3.63, 3.8) is 0 Å². The lowest BCUT2D eigenvalue weighted by Crippen LogP contribution is -1.91. The van der Waals surface area contributed by atoms with Crippen LogP contribution in [0.1, 0.15) is 32.1 Å². The van der Waals surface area contributed by atoms with Crippen LogP contribution in [-0.4, -0.2) is 6.29 Å². The molecule has 1 fully saturated rings. The van der Waals surface area contributed by atoms with Crippen LogP contribution in [0.2, 0.25) is 0 Å². The Hall–Kier alpha value is -0.330. The largest absolute Gasteiger partial charge is 0.542 e. The van der Waals surface area contributed by atoms with Crippen molar-refractivity contribution < 1.29 is 4.79 Å². The Morgan fingerprint density at radius 2 is 2.00 bits per heavy atom. The number of carbonyl (C=O) groups excluding carboxylic acids is 1. The van der Waals surface area contributed by atoms with Gasteiger partial charge in [-0.05, 0) is 0 Å². The summed E-state index contributed by atoms with van der Waals surface area (Å²) in [5, 5.41) is 0. The highest BCUT2D eigenvalue weighted by molar-refractivity contribution is 5.50. The first-order valence-electron chi connectivity index (χ1n) is 3.28. The number of hydrogen-bond acceptors (Lipinski definition) is 1. The zero-order valence-corrected chi connectivity index (χ0v) is 5.02. The van der Waals surface area contributed by atoms with Gasteiger partial charge >= 0.3 is 0 Å². The first-order valence-corrected chi connectivity index (χ1v) is 3.28. The van der Waals surface area contributed by atoms with Crippen LogP contribution in [0.25, 0.3) is 0 Å². The second-order valence-corrected chi connectivity index (χ2v) is 2.50. The Kier molecular flexibility index (Phi) is 2.07. The third kappa shape index (κ3) is 1.32. The van der Waals surface area contributed by atoms with E-state index in [1.165, 1.54) is 25.7 Å². The summed E-state index contributed by atoms with van der Waals surface area (Å²) >= 11 is 0. The van der Waals surface area contributed by atoms with Gasteiger partial charge in [0.15, 0.2) is 0 Å². The highest BCUT2D eigenvalue weighted by Gasteiger charge is 2.09. The average molecular weight is 111 g/mol. The lowest BCUT2D eigenvalue weighted by Gasteiger charge is -2.06. The second-order valence-electron chi connectivity index (χ2n) is 2.50. The predicted octanol–water partition coefficient (Wildman–Crippen LogP) is 1.68. The molecule has 1 rings (SSSR count). The van der Waals surface area contributed by atoms with Crippen molar-refractivity contribution in [2.24, 2.45) is 5.92 Å². The molecule has 0 aliphatic heterocycles. The van der Waals surface area contributed by atoms with Gasteiger partial charge in [0.05, 0.1) is 0 Å². The maximum Gasteiger partial charge on any atom is -0.0527 e. The molecule has 46 valence electrons. The molecule has 0 aromatic heterocycles. The molecule has 0 saturated heterocycles. The second kappa shape index (κ2) is 2.85. The van der Waals surface area contributed by atoms with Gasteiger partial charge in [0.2, 0.25) is 0 Å². The third-order valence-corrected chi connectivity index (χ3v) is 1.85. The van der Waals surface area contributed by atoms with Gasteiger partial charge in [-0.15, -0.1) is 6.42 Å². The molecule has 0 unspecified atom stereocenters. The zero-order valence-electron chi connectivity index (χ0n) is 5.02. The lowest BCUT2D eigenvalue weighted by molar-refractivity contribution is 0.511. The van der Waals surface area contributed by atoms with Crippen LogP contribution in [0, 0.1) is 5.92 Å². The summed E-state index contributed by atoms with van der Waals surface area (Å²) in [7, 11) is 0. The molecule has 1 heteroatoms. The summed E-state index contributed by atoms with van der Waals surface area (Å²) in [6.45, 7) is 0. The van der Waals surface area contributed by atoms with Gasteiger partial charge in [0.25, 0.3) is 0 Å². The normalized spacial score (nSPS) is 21.5. The van der Waals surface area contributed by atoms with Crippen molar-refractivity contribution in [1.82, 2.24) is 0 Å². The fourth-order valence-electron chi connectivity index (χ4n) is 1.33. The summed E-state index contributed by atoms with van der Waals surface area (Å²) in [5.74, 6) is 0.687. The van der Waals surface area contributed by atoms with E-state index in [1.807, 2.05) is 6.29 Å². The minimum absolute atomic E-state index is 0.681. The fraction of sp³-hybridized carbons (Fsp3) is 0.857. The Morgan fingerprint density at radius 3 is 2.50 bits per heavy atom. The van der Waals surface area contributed by atoms with Crippen molar-refractivity contribution in [3.8, 4) is 0 Å². The van der Waals surface area contributed by atoms with Gasteiger partial charge in [-0.25, -0.2) is 0 Å².